The van der Waals surface area contributed by atoms with Crippen molar-refractivity contribution in [1.82, 2.24) is 4.90 Å². The number of amides is 2. The topological polar surface area (TPSA) is 84.7 Å². The predicted octanol–water partition coefficient (Wildman–Crippen LogP) is 2.31. The molecule has 1 fully saturated rings. The molecule has 2 amide bonds. The third-order valence-corrected chi connectivity index (χ3v) is 4.52. The maximum Gasteiger partial charge on any atom is 0.255 e. The van der Waals surface area contributed by atoms with E-state index in [1.807, 2.05) is 6.92 Å². The highest BCUT2D eigenvalue weighted by atomic mass is 16.5. The molecule has 25 heavy (non-hydrogen) atoms. The van der Waals surface area contributed by atoms with E-state index in [9.17, 15) is 9.59 Å². The minimum atomic E-state index is -0.517. The number of primary amides is 1. The van der Waals surface area contributed by atoms with Crippen LogP contribution in [-0.2, 0) is 9.59 Å². The molecule has 6 heteroatoms. The molecule has 138 valence electrons. The Bertz CT molecular complexity index is 610. The van der Waals surface area contributed by atoms with E-state index >= 15 is 0 Å². The lowest BCUT2D eigenvalue weighted by atomic mass is 9.98. The molecular weight excluding hydrogens is 318 g/mol. The molecule has 1 aliphatic rings. The molecule has 0 aliphatic carbocycles. The number of nitrogens with zero attached hydrogens (tertiary/aromatic N) is 1. The molecule has 0 bridgehead atoms. The first-order valence-corrected chi connectivity index (χ1v) is 8.95. The second kappa shape index (κ2) is 8.85. The van der Waals surface area contributed by atoms with E-state index in [2.05, 4.69) is 24.1 Å². The molecule has 1 aromatic carbocycles. The standard InChI is InChI=1S/C19H29N3O3/c1-13(2)18(22-9-5-4-6-10-22)19(24)21-16-8-7-15(11-14(16)3)25-12-17(20)23/h7-8,11,13,18H,4-6,9-10,12H2,1-3H3,(H2,20,23)(H,21,24)/t18-/m0/s1. The molecule has 3 N–H and O–H groups in total. The van der Waals surface area contributed by atoms with Crippen LogP contribution in [0.3, 0.4) is 0 Å². The van der Waals surface area contributed by atoms with E-state index in [-0.39, 0.29) is 24.5 Å². The normalized spacial score (nSPS) is 16.5. The van der Waals surface area contributed by atoms with Gasteiger partial charge in [0.2, 0.25) is 5.91 Å². The van der Waals surface area contributed by atoms with Crippen molar-refractivity contribution in [3.63, 3.8) is 0 Å². The zero-order valence-corrected chi connectivity index (χ0v) is 15.4. The molecule has 1 aromatic rings. The molecule has 1 heterocycles. The number of hydrogen-bond acceptors (Lipinski definition) is 4. The number of nitrogens with one attached hydrogen (secondary N) is 1. The van der Waals surface area contributed by atoms with Gasteiger partial charge >= 0.3 is 0 Å². The Kier molecular flexibility index (Phi) is 6.82. The van der Waals surface area contributed by atoms with E-state index < -0.39 is 5.91 Å². The van der Waals surface area contributed by atoms with Crippen molar-refractivity contribution in [2.75, 3.05) is 25.0 Å². The summed E-state index contributed by atoms with van der Waals surface area (Å²) in [6, 6.07) is 5.21. The highest BCUT2D eigenvalue weighted by Gasteiger charge is 2.30. The summed E-state index contributed by atoms with van der Waals surface area (Å²) in [6.45, 7) is 7.89. The van der Waals surface area contributed by atoms with E-state index in [4.69, 9.17) is 10.5 Å². The van der Waals surface area contributed by atoms with Gasteiger partial charge in [0.05, 0.1) is 6.04 Å². The summed E-state index contributed by atoms with van der Waals surface area (Å²) < 4.78 is 5.29. The number of ether oxygens (including phenoxy) is 1. The number of carbonyl (C=O) groups is 2. The molecule has 2 rings (SSSR count). The van der Waals surface area contributed by atoms with Crippen molar-refractivity contribution in [3.8, 4) is 5.75 Å². The number of rotatable bonds is 7. The van der Waals surface area contributed by atoms with Crippen molar-refractivity contribution < 1.29 is 14.3 Å². The highest BCUT2D eigenvalue weighted by molar-refractivity contribution is 5.95. The van der Waals surface area contributed by atoms with Gasteiger partial charge in [-0.3, -0.25) is 14.5 Å². The fraction of sp³-hybridized carbons (Fsp3) is 0.579. The van der Waals surface area contributed by atoms with Crippen molar-refractivity contribution in [2.24, 2.45) is 11.7 Å². The van der Waals surface area contributed by atoms with Crippen LogP contribution < -0.4 is 15.8 Å². The van der Waals surface area contributed by atoms with E-state index in [1.54, 1.807) is 18.2 Å². The molecule has 0 unspecified atom stereocenters. The minimum absolute atomic E-state index is 0.0332. The summed E-state index contributed by atoms with van der Waals surface area (Å²) >= 11 is 0. The lowest BCUT2D eigenvalue weighted by molar-refractivity contribution is -0.123. The van der Waals surface area contributed by atoms with Gasteiger partial charge in [-0.1, -0.05) is 20.3 Å². The van der Waals surface area contributed by atoms with Gasteiger partial charge in [0.25, 0.3) is 5.91 Å². The van der Waals surface area contributed by atoms with Crippen LogP contribution in [0.1, 0.15) is 38.7 Å². The van der Waals surface area contributed by atoms with Gasteiger partial charge < -0.3 is 15.8 Å². The van der Waals surface area contributed by atoms with Crippen LogP contribution in [0.2, 0.25) is 0 Å². The fourth-order valence-electron chi connectivity index (χ4n) is 3.31. The minimum Gasteiger partial charge on any atom is -0.484 e. The Labute approximate surface area is 149 Å². The van der Waals surface area contributed by atoms with Gasteiger partial charge in [0.15, 0.2) is 6.61 Å². The molecular formula is C19H29N3O3. The molecule has 1 saturated heterocycles. The Hall–Kier alpha value is -2.08. The number of anilines is 1. The summed E-state index contributed by atoms with van der Waals surface area (Å²) in [6.07, 6.45) is 3.55. The predicted molar refractivity (Wildman–Crippen MR) is 98.5 cm³/mol. The molecule has 0 spiro atoms. The molecule has 6 nitrogen and oxygen atoms in total. The van der Waals surface area contributed by atoms with Crippen molar-refractivity contribution >= 4 is 17.5 Å². The monoisotopic (exact) mass is 347 g/mol. The quantitative estimate of drug-likeness (QED) is 0.793. The van der Waals surface area contributed by atoms with E-state index in [1.165, 1.54) is 6.42 Å². The van der Waals surface area contributed by atoms with Crippen molar-refractivity contribution in [3.05, 3.63) is 23.8 Å². The van der Waals surface area contributed by atoms with Crippen LogP contribution in [-0.4, -0.2) is 42.5 Å². The summed E-state index contributed by atoms with van der Waals surface area (Å²) in [5.74, 6) is 0.324. The van der Waals surface area contributed by atoms with Crippen LogP contribution in [0.25, 0.3) is 0 Å². The first-order chi connectivity index (χ1) is 11.9. The zero-order valence-electron chi connectivity index (χ0n) is 15.4. The lowest BCUT2D eigenvalue weighted by Crippen LogP contribution is -2.49. The average molecular weight is 347 g/mol. The number of piperidine rings is 1. The van der Waals surface area contributed by atoms with Crippen molar-refractivity contribution in [1.29, 1.82) is 0 Å². The number of carbonyl (C=O) groups excluding carboxylic acids is 2. The number of nitrogens with two attached hydrogens (primary N) is 1. The van der Waals surface area contributed by atoms with Gasteiger partial charge in [-0.15, -0.1) is 0 Å². The van der Waals surface area contributed by atoms with Gasteiger partial charge in [-0.05, 0) is 62.5 Å². The van der Waals surface area contributed by atoms with Crippen molar-refractivity contribution in [2.45, 2.75) is 46.1 Å². The number of likely N-dealkylation sites (tertiary alicyclic amines) is 1. The summed E-state index contributed by atoms with van der Waals surface area (Å²) in [4.78, 5) is 25.9. The maximum absolute atomic E-state index is 12.9. The lowest BCUT2D eigenvalue weighted by Gasteiger charge is -2.36. The van der Waals surface area contributed by atoms with Crippen LogP contribution in [0.4, 0.5) is 5.69 Å². The number of aryl methyl sites for hydroxylation is 1. The third kappa shape index (κ3) is 5.46. The molecule has 0 saturated carbocycles. The second-order valence-electron chi connectivity index (χ2n) is 7.01. The molecule has 0 radical (unpaired) electrons. The Morgan fingerprint density at radius 3 is 2.48 bits per heavy atom. The van der Waals surface area contributed by atoms with Crippen LogP contribution in [0, 0.1) is 12.8 Å². The third-order valence-electron chi connectivity index (χ3n) is 4.52. The smallest absolute Gasteiger partial charge is 0.255 e. The Balaban J connectivity index is 2.05. The molecule has 0 aromatic heterocycles. The van der Waals surface area contributed by atoms with Crippen LogP contribution in [0.15, 0.2) is 18.2 Å². The Morgan fingerprint density at radius 2 is 1.92 bits per heavy atom. The largest absolute Gasteiger partial charge is 0.484 e. The molecule has 1 atom stereocenters. The first kappa shape index (κ1) is 19.2. The summed E-state index contributed by atoms with van der Waals surface area (Å²) in [7, 11) is 0. The highest BCUT2D eigenvalue weighted by Crippen LogP contribution is 2.24. The van der Waals surface area contributed by atoms with E-state index in [0.29, 0.717) is 5.75 Å². The maximum atomic E-state index is 12.9. The van der Waals surface area contributed by atoms with Gasteiger partial charge in [0, 0.05) is 5.69 Å². The van der Waals surface area contributed by atoms with Gasteiger partial charge in [0.1, 0.15) is 5.75 Å². The first-order valence-electron chi connectivity index (χ1n) is 8.95. The number of hydrogen-bond donors (Lipinski definition) is 2. The molecule has 1 aliphatic heterocycles. The SMILES string of the molecule is Cc1cc(OCC(N)=O)ccc1NC(=O)[C@H](C(C)C)N1CCCCC1. The average Bonchev–Trinajstić information content (AvgIpc) is 2.56. The summed E-state index contributed by atoms with van der Waals surface area (Å²) in [5.41, 5.74) is 6.73. The Morgan fingerprint density at radius 1 is 1.24 bits per heavy atom. The fourth-order valence-corrected chi connectivity index (χ4v) is 3.31. The van der Waals surface area contributed by atoms with Gasteiger partial charge in [-0.25, -0.2) is 0 Å². The van der Waals surface area contributed by atoms with Crippen LogP contribution >= 0.6 is 0 Å². The second-order valence-corrected chi connectivity index (χ2v) is 7.01. The van der Waals surface area contributed by atoms with E-state index in [0.717, 1.165) is 37.2 Å². The number of benzene rings is 1. The zero-order chi connectivity index (χ0) is 18.4. The summed E-state index contributed by atoms with van der Waals surface area (Å²) in [5, 5.41) is 3.05. The van der Waals surface area contributed by atoms with Crippen LogP contribution in [0.5, 0.6) is 5.75 Å². The van der Waals surface area contributed by atoms with Gasteiger partial charge in [-0.2, -0.15) is 0 Å².